The molecule has 0 radical (unpaired) electrons. The topological polar surface area (TPSA) is 34.1 Å². The van der Waals surface area contributed by atoms with E-state index in [-0.39, 0.29) is 25.4 Å². The smallest absolute Gasteiger partial charge is 0.375 e. The minimum atomic E-state index is -4.44. The van der Waals surface area contributed by atoms with Gasteiger partial charge in [0.25, 0.3) is 0 Å². The molecule has 1 saturated heterocycles. The molecule has 0 unspecified atom stereocenters. The fourth-order valence-corrected chi connectivity index (χ4v) is 3.45. The Morgan fingerprint density at radius 2 is 1.97 bits per heavy atom. The maximum Gasteiger partial charge on any atom is 0.416 e. The average Bonchev–Trinajstić information content (AvgIpc) is 2.67. The van der Waals surface area contributed by atoms with Crippen molar-refractivity contribution in [2.24, 2.45) is 4.99 Å². The van der Waals surface area contributed by atoms with Gasteiger partial charge in [-0.15, -0.1) is 0 Å². The number of benzene rings is 2. The summed E-state index contributed by atoms with van der Waals surface area (Å²) in [6.45, 7) is 5.04. The van der Waals surface area contributed by atoms with Gasteiger partial charge in [0.05, 0.1) is 42.4 Å². The minimum Gasteiger partial charge on any atom is -0.375 e. The second-order valence-corrected chi connectivity index (χ2v) is 7.77. The van der Waals surface area contributed by atoms with Gasteiger partial charge in [0.1, 0.15) is 5.60 Å². The van der Waals surface area contributed by atoms with Crippen molar-refractivity contribution in [3.8, 4) is 0 Å². The number of aliphatic imine (C=N–C) groups is 1. The van der Waals surface area contributed by atoms with Crippen LogP contribution in [0.15, 0.2) is 41.4 Å². The Balaban J connectivity index is 1.86. The number of nitrogens with zero attached hydrogens (tertiary/aromatic N) is 2. The molecule has 0 amide bonds. The van der Waals surface area contributed by atoms with Crippen molar-refractivity contribution in [3.63, 3.8) is 0 Å². The minimum absolute atomic E-state index is 0.0869. The van der Waals surface area contributed by atoms with Crippen LogP contribution in [0.4, 0.5) is 18.9 Å². The van der Waals surface area contributed by atoms with Crippen molar-refractivity contribution >= 4 is 23.6 Å². The number of alkyl halides is 3. The lowest BCUT2D eigenvalue weighted by atomic mass is 9.88. The Labute approximate surface area is 179 Å². The zero-order valence-electron chi connectivity index (χ0n) is 17.1. The molecule has 1 fully saturated rings. The molecule has 30 heavy (non-hydrogen) atoms. The number of halogens is 4. The molecule has 8 heteroatoms. The molecular formula is C22H24ClF3N2O2. The van der Waals surface area contributed by atoms with Crippen LogP contribution in [0.25, 0.3) is 0 Å². The van der Waals surface area contributed by atoms with Crippen molar-refractivity contribution in [3.05, 3.63) is 63.7 Å². The first-order valence-corrected chi connectivity index (χ1v) is 9.96. The van der Waals surface area contributed by atoms with Gasteiger partial charge in [-0.2, -0.15) is 13.2 Å². The summed E-state index contributed by atoms with van der Waals surface area (Å²) in [5, 5.41) is 0.446. The summed E-state index contributed by atoms with van der Waals surface area (Å²) in [7, 11) is 1.91. The number of ether oxygens (including phenoxy) is 2. The second-order valence-electron chi connectivity index (χ2n) is 7.37. The van der Waals surface area contributed by atoms with E-state index in [1.165, 1.54) is 12.1 Å². The molecule has 0 saturated carbocycles. The van der Waals surface area contributed by atoms with Gasteiger partial charge in [-0.05, 0) is 48.7 Å². The van der Waals surface area contributed by atoms with Gasteiger partial charge >= 0.3 is 6.18 Å². The number of aryl methyl sites for hydroxylation is 1. The Morgan fingerprint density at radius 3 is 2.57 bits per heavy atom. The summed E-state index contributed by atoms with van der Waals surface area (Å²) >= 11 is 6.44. The zero-order chi connectivity index (χ0) is 21.9. The molecular weight excluding hydrogens is 417 g/mol. The Morgan fingerprint density at radius 1 is 1.27 bits per heavy atom. The maximum atomic E-state index is 13.3. The zero-order valence-corrected chi connectivity index (χ0v) is 17.8. The van der Waals surface area contributed by atoms with E-state index in [1.807, 2.05) is 31.9 Å². The standard InChI is InChI=1S/C22H24ClF3N2O2/c1-4-28(3)14-27-20-9-15(2)18(10-19(20)23)21(12-29-13-21)30-11-16-7-5-6-8-17(16)22(24,25)26/h5-10,14H,4,11-13H2,1-3H3. The maximum absolute atomic E-state index is 13.3. The molecule has 162 valence electrons. The highest BCUT2D eigenvalue weighted by Crippen LogP contribution is 2.41. The van der Waals surface area contributed by atoms with Crippen LogP contribution in [-0.4, -0.2) is 38.0 Å². The van der Waals surface area contributed by atoms with Gasteiger partial charge in [-0.1, -0.05) is 29.8 Å². The summed E-state index contributed by atoms with van der Waals surface area (Å²) in [4.78, 5) is 6.33. The predicted molar refractivity (Wildman–Crippen MR) is 111 cm³/mol. The van der Waals surface area contributed by atoms with Crippen LogP contribution in [0.3, 0.4) is 0 Å². The summed E-state index contributed by atoms with van der Waals surface area (Å²) in [5.41, 5.74) is 0.860. The van der Waals surface area contributed by atoms with Crippen LogP contribution in [0.2, 0.25) is 5.02 Å². The third-order valence-electron chi connectivity index (χ3n) is 5.17. The summed E-state index contributed by atoms with van der Waals surface area (Å²) in [6.07, 6.45) is -2.74. The first-order valence-electron chi connectivity index (χ1n) is 9.58. The van der Waals surface area contributed by atoms with Crippen LogP contribution in [0.5, 0.6) is 0 Å². The predicted octanol–water partition coefficient (Wildman–Crippen LogP) is 5.72. The van der Waals surface area contributed by atoms with E-state index in [4.69, 9.17) is 21.1 Å². The molecule has 1 aliphatic heterocycles. The molecule has 2 aromatic carbocycles. The van der Waals surface area contributed by atoms with Gasteiger partial charge in [0, 0.05) is 13.6 Å². The van der Waals surface area contributed by atoms with E-state index in [1.54, 1.807) is 18.5 Å². The van der Waals surface area contributed by atoms with E-state index in [2.05, 4.69) is 4.99 Å². The Hall–Kier alpha value is -2.09. The molecule has 1 heterocycles. The van der Waals surface area contributed by atoms with Gasteiger partial charge in [0.15, 0.2) is 0 Å². The molecule has 0 aliphatic carbocycles. The first-order chi connectivity index (χ1) is 14.2. The van der Waals surface area contributed by atoms with Crippen molar-refractivity contribution in [2.75, 3.05) is 26.8 Å². The molecule has 1 aliphatic rings. The summed E-state index contributed by atoms with van der Waals surface area (Å²) in [6, 6.07) is 9.05. The van der Waals surface area contributed by atoms with Crippen molar-refractivity contribution in [1.29, 1.82) is 0 Å². The molecule has 0 spiro atoms. The summed E-state index contributed by atoms with van der Waals surface area (Å²) < 4.78 is 51.3. The highest BCUT2D eigenvalue weighted by molar-refractivity contribution is 6.33. The van der Waals surface area contributed by atoms with Crippen molar-refractivity contribution in [1.82, 2.24) is 4.90 Å². The summed E-state index contributed by atoms with van der Waals surface area (Å²) in [5.74, 6) is 0. The van der Waals surface area contributed by atoms with Gasteiger partial charge in [-0.25, -0.2) is 4.99 Å². The lowest BCUT2D eigenvalue weighted by molar-refractivity contribution is -0.224. The highest BCUT2D eigenvalue weighted by atomic mass is 35.5. The largest absolute Gasteiger partial charge is 0.416 e. The Kier molecular flexibility index (Phi) is 6.75. The number of hydrogen-bond acceptors (Lipinski definition) is 3. The van der Waals surface area contributed by atoms with E-state index in [0.717, 1.165) is 23.7 Å². The molecule has 2 aromatic rings. The van der Waals surface area contributed by atoms with Crippen LogP contribution in [0, 0.1) is 6.92 Å². The molecule has 0 aromatic heterocycles. The van der Waals surface area contributed by atoms with E-state index >= 15 is 0 Å². The van der Waals surface area contributed by atoms with Crippen molar-refractivity contribution < 1.29 is 22.6 Å². The average molecular weight is 441 g/mol. The Bertz CT molecular complexity index is 927. The van der Waals surface area contributed by atoms with E-state index in [9.17, 15) is 13.2 Å². The number of hydrogen-bond donors (Lipinski definition) is 0. The van der Waals surface area contributed by atoms with Crippen LogP contribution in [0.1, 0.15) is 29.2 Å². The molecule has 0 N–H and O–H groups in total. The lowest BCUT2D eigenvalue weighted by Crippen LogP contribution is -2.49. The normalized spacial score (nSPS) is 16.0. The fourth-order valence-electron chi connectivity index (χ4n) is 3.24. The highest BCUT2D eigenvalue weighted by Gasteiger charge is 2.43. The van der Waals surface area contributed by atoms with Gasteiger partial charge < -0.3 is 14.4 Å². The van der Waals surface area contributed by atoms with Gasteiger partial charge in [0.2, 0.25) is 0 Å². The first kappa shape index (κ1) is 22.6. The van der Waals surface area contributed by atoms with E-state index in [0.29, 0.717) is 10.7 Å². The number of rotatable bonds is 7. The SMILES string of the molecule is CCN(C)C=Nc1cc(C)c(C2(OCc3ccccc3C(F)(F)F)COC2)cc1Cl. The van der Waals surface area contributed by atoms with Gasteiger partial charge in [-0.3, -0.25) is 0 Å². The van der Waals surface area contributed by atoms with Crippen LogP contribution < -0.4 is 0 Å². The fraction of sp³-hybridized carbons (Fsp3) is 0.409. The van der Waals surface area contributed by atoms with Crippen molar-refractivity contribution in [2.45, 2.75) is 32.2 Å². The molecule has 0 atom stereocenters. The van der Waals surface area contributed by atoms with Crippen LogP contribution in [-0.2, 0) is 27.9 Å². The third kappa shape index (κ3) is 4.79. The quantitative estimate of drug-likeness (QED) is 0.408. The second kappa shape index (κ2) is 8.96. The molecule has 0 bridgehead atoms. The lowest BCUT2D eigenvalue weighted by Gasteiger charge is -2.42. The van der Waals surface area contributed by atoms with E-state index < -0.39 is 17.3 Å². The third-order valence-corrected chi connectivity index (χ3v) is 5.48. The molecule has 3 rings (SSSR count). The van der Waals surface area contributed by atoms with Crippen LogP contribution >= 0.6 is 11.6 Å². The monoisotopic (exact) mass is 440 g/mol. The molecule has 4 nitrogen and oxygen atoms in total.